The summed E-state index contributed by atoms with van der Waals surface area (Å²) in [4.78, 5) is 37.9. The standard InChI is InChI=1S/C15H17BrN2O3/c1-3-11(4-2)18-14(20)12(13(19)17-15(18)21)9-6-5-7-10(16)8-9/h5-8,11-12H,3-4H2,1-2H3,(H,17,19,21). The monoisotopic (exact) mass is 352 g/mol. The van der Waals surface area contributed by atoms with E-state index in [4.69, 9.17) is 0 Å². The lowest BCUT2D eigenvalue weighted by atomic mass is 9.94. The van der Waals surface area contributed by atoms with Gasteiger partial charge in [0.2, 0.25) is 11.8 Å². The van der Waals surface area contributed by atoms with E-state index in [-0.39, 0.29) is 6.04 Å². The van der Waals surface area contributed by atoms with Crippen LogP contribution in [0.1, 0.15) is 38.2 Å². The number of benzene rings is 1. The average molecular weight is 353 g/mol. The number of amides is 4. The van der Waals surface area contributed by atoms with E-state index in [0.29, 0.717) is 18.4 Å². The normalized spacial score (nSPS) is 19.1. The Kier molecular flexibility index (Phi) is 4.77. The lowest BCUT2D eigenvalue weighted by molar-refractivity contribution is -0.140. The summed E-state index contributed by atoms with van der Waals surface area (Å²) in [5, 5.41) is 2.29. The maximum absolute atomic E-state index is 12.6. The second-order valence-corrected chi connectivity index (χ2v) is 5.88. The number of hydrogen-bond donors (Lipinski definition) is 1. The number of hydrogen-bond acceptors (Lipinski definition) is 3. The molecular weight excluding hydrogens is 336 g/mol. The summed E-state index contributed by atoms with van der Waals surface area (Å²) in [6, 6.07) is 6.21. The number of barbiturate groups is 1. The van der Waals surface area contributed by atoms with Crippen LogP contribution >= 0.6 is 15.9 Å². The van der Waals surface area contributed by atoms with E-state index in [1.54, 1.807) is 18.2 Å². The summed E-state index contributed by atoms with van der Waals surface area (Å²) in [5.74, 6) is -1.98. The van der Waals surface area contributed by atoms with Crippen LogP contribution in [0.5, 0.6) is 0 Å². The third kappa shape index (κ3) is 3.00. The predicted molar refractivity (Wildman–Crippen MR) is 81.6 cm³/mol. The second kappa shape index (κ2) is 6.39. The maximum atomic E-state index is 12.6. The van der Waals surface area contributed by atoms with Crippen molar-refractivity contribution in [2.45, 2.75) is 38.6 Å². The molecule has 1 N–H and O–H groups in total. The molecule has 4 amide bonds. The molecule has 6 heteroatoms. The molecule has 1 aliphatic heterocycles. The zero-order chi connectivity index (χ0) is 15.6. The zero-order valence-electron chi connectivity index (χ0n) is 11.9. The molecule has 0 aliphatic carbocycles. The van der Waals surface area contributed by atoms with Gasteiger partial charge in [0.05, 0.1) is 0 Å². The Morgan fingerprint density at radius 2 is 1.90 bits per heavy atom. The van der Waals surface area contributed by atoms with E-state index < -0.39 is 23.8 Å². The van der Waals surface area contributed by atoms with Crippen molar-refractivity contribution < 1.29 is 14.4 Å². The van der Waals surface area contributed by atoms with Crippen LogP contribution in [0.4, 0.5) is 4.79 Å². The fourth-order valence-corrected chi connectivity index (χ4v) is 2.99. The van der Waals surface area contributed by atoms with Gasteiger partial charge in [-0.2, -0.15) is 0 Å². The first-order valence-corrected chi connectivity index (χ1v) is 7.72. The van der Waals surface area contributed by atoms with Gasteiger partial charge in [-0.25, -0.2) is 4.79 Å². The first-order valence-electron chi connectivity index (χ1n) is 6.92. The average Bonchev–Trinajstić information content (AvgIpc) is 2.43. The molecule has 1 atom stereocenters. The third-order valence-electron chi connectivity index (χ3n) is 3.69. The van der Waals surface area contributed by atoms with Crippen molar-refractivity contribution in [1.29, 1.82) is 0 Å². The van der Waals surface area contributed by atoms with Gasteiger partial charge in [-0.1, -0.05) is 41.9 Å². The summed E-state index contributed by atoms with van der Waals surface area (Å²) in [5.41, 5.74) is 0.579. The van der Waals surface area contributed by atoms with Crippen LogP contribution in [-0.2, 0) is 9.59 Å². The minimum absolute atomic E-state index is 0.194. The van der Waals surface area contributed by atoms with Gasteiger partial charge in [0.25, 0.3) is 0 Å². The fourth-order valence-electron chi connectivity index (χ4n) is 2.57. The van der Waals surface area contributed by atoms with E-state index in [0.717, 1.165) is 4.47 Å². The second-order valence-electron chi connectivity index (χ2n) is 4.96. The molecular formula is C15H17BrN2O3. The number of nitrogens with one attached hydrogen (secondary N) is 1. The Balaban J connectivity index is 2.39. The summed E-state index contributed by atoms with van der Waals surface area (Å²) >= 11 is 3.33. The van der Waals surface area contributed by atoms with E-state index >= 15 is 0 Å². The van der Waals surface area contributed by atoms with Crippen molar-refractivity contribution in [2.24, 2.45) is 0 Å². The molecule has 5 nitrogen and oxygen atoms in total. The van der Waals surface area contributed by atoms with Gasteiger partial charge < -0.3 is 0 Å². The van der Waals surface area contributed by atoms with Crippen LogP contribution in [0.3, 0.4) is 0 Å². The summed E-state index contributed by atoms with van der Waals surface area (Å²) in [6.07, 6.45) is 1.32. The van der Waals surface area contributed by atoms with Crippen molar-refractivity contribution in [3.63, 3.8) is 0 Å². The highest BCUT2D eigenvalue weighted by atomic mass is 79.9. The number of rotatable bonds is 4. The van der Waals surface area contributed by atoms with Crippen molar-refractivity contribution in [3.05, 3.63) is 34.3 Å². The lowest BCUT2D eigenvalue weighted by Crippen LogP contribution is -2.59. The first-order chi connectivity index (χ1) is 9.99. The van der Waals surface area contributed by atoms with Crippen LogP contribution in [0, 0.1) is 0 Å². The smallest absolute Gasteiger partial charge is 0.277 e. The predicted octanol–water partition coefficient (Wildman–Crippen LogP) is 2.80. The van der Waals surface area contributed by atoms with Crippen molar-refractivity contribution in [1.82, 2.24) is 10.2 Å². The Labute approximate surface area is 131 Å². The van der Waals surface area contributed by atoms with Gasteiger partial charge in [0.1, 0.15) is 5.92 Å². The van der Waals surface area contributed by atoms with Gasteiger partial charge in [0, 0.05) is 10.5 Å². The van der Waals surface area contributed by atoms with Crippen molar-refractivity contribution in [2.75, 3.05) is 0 Å². The van der Waals surface area contributed by atoms with Crippen LogP contribution in [0.2, 0.25) is 0 Å². The minimum Gasteiger partial charge on any atom is -0.277 e. The Morgan fingerprint density at radius 1 is 1.24 bits per heavy atom. The number of halogens is 1. The van der Waals surface area contributed by atoms with Crippen LogP contribution < -0.4 is 5.32 Å². The number of urea groups is 1. The summed E-state index contributed by atoms with van der Waals surface area (Å²) < 4.78 is 0.784. The third-order valence-corrected chi connectivity index (χ3v) is 4.18. The Bertz CT molecular complexity index is 584. The van der Waals surface area contributed by atoms with Crippen LogP contribution in [0.25, 0.3) is 0 Å². The number of carbonyl (C=O) groups excluding carboxylic acids is 3. The van der Waals surface area contributed by atoms with Gasteiger partial charge in [-0.3, -0.25) is 19.8 Å². The molecule has 1 aromatic rings. The first kappa shape index (κ1) is 15.7. The van der Waals surface area contributed by atoms with E-state index in [1.807, 2.05) is 19.9 Å². The lowest BCUT2D eigenvalue weighted by Gasteiger charge is -2.35. The molecule has 1 saturated heterocycles. The number of imide groups is 2. The molecule has 0 saturated carbocycles. The molecule has 0 aromatic heterocycles. The molecule has 0 spiro atoms. The van der Waals surface area contributed by atoms with E-state index in [1.165, 1.54) is 4.90 Å². The van der Waals surface area contributed by atoms with E-state index in [9.17, 15) is 14.4 Å². The highest BCUT2D eigenvalue weighted by Crippen LogP contribution is 2.27. The molecule has 112 valence electrons. The van der Waals surface area contributed by atoms with Crippen molar-refractivity contribution in [3.8, 4) is 0 Å². The molecule has 1 unspecified atom stereocenters. The van der Waals surface area contributed by atoms with Gasteiger partial charge in [0.15, 0.2) is 0 Å². The number of carbonyl (C=O) groups is 3. The SMILES string of the molecule is CCC(CC)N1C(=O)NC(=O)C(c2cccc(Br)c2)C1=O. The molecule has 1 fully saturated rings. The van der Waals surface area contributed by atoms with Crippen LogP contribution in [0.15, 0.2) is 28.7 Å². The minimum atomic E-state index is -0.971. The largest absolute Gasteiger partial charge is 0.331 e. The summed E-state index contributed by atoms with van der Waals surface area (Å²) in [6.45, 7) is 3.83. The molecule has 1 aliphatic rings. The number of nitrogens with zero attached hydrogens (tertiary/aromatic N) is 1. The van der Waals surface area contributed by atoms with Gasteiger partial charge >= 0.3 is 6.03 Å². The molecule has 1 aromatic carbocycles. The summed E-state index contributed by atoms with van der Waals surface area (Å²) in [7, 11) is 0. The van der Waals surface area contributed by atoms with Gasteiger partial charge in [-0.15, -0.1) is 0 Å². The van der Waals surface area contributed by atoms with Crippen molar-refractivity contribution >= 4 is 33.8 Å². The molecule has 1 heterocycles. The zero-order valence-corrected chi connectivity index (χ0v) is 13.5. The highest BCUT2D eigenvalue weighted by Gasteiger charge is 2.43. The molecule has 0 radical (unpaired) electrons. The quantitative estimate of drug-likeness (QED) is 0.847. The Hall–Kier alpha value is -1.69. The van der Waals surface area contributed by atoms with E-state index in [2.05, 4.69) is 21.2 Å². The van der Waals surface area contributed by atoms with Gasteiger partial charge in [-0.05, 0) is 30.5 Å². The highest BCUT2D eigenvalue weighted by molar-refractivity contribution is 9.10. The van der Waals surface area contributed by atoms with Crippen LogP contribution in [-0.4, -0.2) is 28.8 Å². The molecule has 2 rings (SSSR count). The molecule has 21 heavy (non-hydrogen) atoms. The topological polar surface area (TPSA) is 66.5 Å². The maximum Gasteiger partial charge on any atom is 0.331 e. The Morgan fingerprint density at radius 3 is 2.48 bits per heavy atom. The fraction of sp³-hybridized carbons (Fsp3) is 0.400. The molecule has 0 bridgehead atoms.